The van der Waals surface area contributed by atoms with Crippen molar-refractivity contribution in [2.45, 2.75) is 0 Å². The highest BCUT2D eigenvalue weighted by atomic mass is 35.5. The molecule has 0 spiro atoms. The highest BCUT2D eigenvalue weighted by molar-refractivity contribution is 6.30. The number of benzene rings is 4. The van der Waals surface area contributed by atoms with Gasteiger partial charge in [0, 0.05) is 16.1 Å². The lowest BCUT2D eigenvalue weighted by molar-refractivity contribution is 0.892. The number of fused-ring (bicyclic) bond motifs is 1. The Balaban J connectivity index is 1.69. The van der Waals surface area contributed by atoms with E-state index in [0.29, 0.717) is 0 Å². The molecule has 0 atom stereocenters. The third-order valence-electron chi connectivity index (χ3n) is 4.90. The number of rotatable bonds is 3. The van der Waals surface area contributed by atoms with Crippen molar-refractivity contribution in [3.05, 3.63) is 108 Å². The summed E-state index contributed by atoms with van der Waals surface area (Å²) in [7, 11) is 0. The van der Waals surface area contributed by atoms with E-state index in [1.807, 2.05) is 47.1 Å². The van der Waals surface area contributed by atoms with Crippen LogP contribution in [0, 0.1) is 0 Å². The highest BCUT2D eigenvalue weighted by Gasteiger charge is 2.13. The Morgan fingerprint density at radius 3 is 2.07 bits per heavy atom. The van der Waals surface area contributed by atoms with Crippen molar-refractivity contribution in [2.75, 3.05) is 0 Å². The molecule has 0 bridgehead atoms. The molecule has 5 aromatic rings. The van der Waals surface area contributed by atoms with E-state index in [-0.39, 0.29) is 0 Å². The normalized spacial score (nSPS) is 11.0. The molecule has 0 aliphatic carbocycles. The third-order valence-corrected chi connectivity index (χ3v) is 5.15. The van der Waals surface area contributed by atoms with E-state index in [1.54, 1.807) is 0 Å². The fourth-order valence-electron chi connectivity index (χ4n) is 3.46. The number of para-hydroxylation sites is 1. The lowest BCUT2D eigenvalue weighted by Gasteiger charge is -2.07. The Kier molecular flexibility index (Phi) is 4.19. The molecule has 0 radical (unpaired) electrons. The van der Waals surface area contributed by atoms with Crippen LogP contribution >= 0.6 is 11.6 Å². The zero-order valence-corrected chi connectivity index (χ0v) is 15.8. The van der Waals surface area contributed by atoms with Crippen molar-refractivity contribution in [2.24, 2.45) is 0 Å². The first-order chi connectivity index (χ1) is 13.8. The highest BCUT2D eigenvalue weighted by Crippen LogP contribution is 2.31. The quantitative estimate of drug-likeness (QED) is 0.329. The fraction of sp³-hybridized carbons (Fsp3) is 0. The molecular weight excluding hydrogens is 364 g/mol. The smallest absolute Gasteiger partial charge is 0.0934 e. The minimum absolute atomic E-state index is 0.726. The van der Waals surface area contributed by atoms with E-state index in [2.05, 4.69) is 60.7 Å². The van der Waals surface area contributed by atoms with Gasteiger partial charge in [-0.1, -0.05) is 78.3 Å². The van der Waals surface area contributed by atoms with Gasteiger partial charge in [0.25, 0.3) is 0 Å². The van der Waals surface area contributed by atoms with Crippen LogP contribution in [-0.4, -0.2) is 9.78 Å². The molecule has 0 aliphatic rings. The lowest BCUT2D eigenvalue weighted by atomic mass is 10.0. The predicted octanol–water partition coefficient (Wildman–Crippen LogP) is 7.01. The van der Waals surface area contributed by atoms with Crippen LogP contribution in [0.5, 0.6) is 0 Å². The maximum atomic E-state index is 6.09. The molecule has 0 fully saturated rings. The molecule has 134 valence electrons. The third kappa shape index (κ3) is 3.08. The van der Waals surface area contributed by atoms with Crippen molar-refractivity contribution in [3.8, 4) is 28.2 Å². The molecule has 0 aliphatic heterocycles. The molecule has 0 saturated heterocycles. The van der Waals surface area contributed by atoms with Crippen LogP contribution in [0.1, 0.15) is 0 Å². The van der Waals surface area contributed by atoms with Crippen LogP contribution in [0.15, 0.2) is 103 Å². The molecule has 0 unspecified atom stereocenters. The summed E-state index contributed by atoms with van der Waals surface area (Å²) in [4.78, 5) is 0. The van der Waals surface area contributed by atoms with Gasteiger partial charge >= 0.3 is 0 Å². The summed E-state index contributed by atoms with van der Waals surface area (Å²) in [5, 5.41) is 8.11. The van der Waals surface area contributed by atoms with Gasteiger partial charge in [0.05, 0.1) is 17.1 Å². The van der Waals surface area contributed by atoms with Gasteiger partial charge in [-0.25, -0.2) is 4.68 Å². The summed E-state index contributed by atoms with van der Waals surface area (Å²) in [6, 6.07) is 35.1. The van der Waals surface area contributed by atoms with Gasteiger partial charge in [-0.15, -0.1) is 0 Å². The Labute approximate surface area is 168 Å². The average molecular weight is 381 g/mol. The van der Waals surface area contributed by atoms with Gasteiger partial charge in [-0.05, 0) is 47.2 Å². The molecule has 3 heteroatoms. The maximum Gasteiger partial charge on any atom is 0.0934 e. The van der Waals surface area contributed by atoms with Crippen molar-refractivity contribution in [3.63, 3.8) is 0 Å². The molecule has 1 heterocycles. The van der Waals surface area contributed by atoms with E-state index in [0.717, 1.165) is 33.2 Å². The molecule has 0 saturated carbocycles. The van der Waals surface area contributed by atoms with Gasteiger partial charge < -0.3 is 0 Å². The van der Waals surface area contributed by atoms with Crippen molar-refractivity contribution in [1.29, 1.82) is 0 Å². The number of aromatic nitrogens is 2. The average Bonchev–Trinajstić information content (AvgIpc) is 3.20. The summed E-state index contributed by atoms with van der Waals surface area (Å²) in [5.74, 6) is 0. The van der Waals surface area contributed by atoms with Crippen molar-refractivity contribution in [1.82, 2.24) is 9.78 Å². The molecule has 28 heavy (non-hydrogen) atoms. The Hall–Kier alpha value is -3.36. The Morgan fingerprint density at radius 1 is 0.607 bits per heavy atom. The van der Waals surface area contributed by atoms with E-state index in [1.165, 1.54) is 10.8 Å². The van der Waals surface area contributed by atoms with Crippen LogP contribution < -0.4 is 0 Å². The Morgan fingerprint density at radius 2 is 1.29 bits per heavy atom. The summed E-state index contributed by atoms with van der Waals surface area (Å²) in [6.45, 7) is 0. The lowest BCUT2D eigenvalue weighted by Crippen LogP contribution is -1.98. The summed E-state index contributed by atoms with van der Waals surface area (Å²) in [5.41, 5.74) is 5.18. The van der Waals surface area contributed by atoms with Gasteiger partial charge in [0.1, 0.15) is 0 Å². The molecule has 0 N–H and O–H groups in total. The SMILES string of the molecule is Clc1ccc(-c2cc(-c3ccc4ccccc4c3)nn2-c2ccccc2)cc1. The molecule has 1 aromatic heterocycles. The Bertz CT molecular complexity index is 1250. The van der Waals surface area contributed by atoms with Crippen molar-refractivity contribution < 1.29 is 0 Å². The second kappa shape index (κ2) is 6.99. The minimum atomic E-state index is 0.726. The van der Waals surface area contributed by atoms with Crippen LogP contribution in [-0.2, 0) is 0 Å². The number of hydrogen-bond acceptors (Lipinski definition) is 1. The standard InChI is InChI=1S/C25H17ClN2/c26-22-14-12-19(13-15-22)25-17-24(27-28(25)23-8-2-1-3-9-23)21-11-10-18-6-4-5-7-20(18)16-21/h1-17H. The van der Waals surface area contributed by atoms with E-state index < -0.39 is 0 Å². The van der Waals surface area contributed by atoms with E-state index >= 15 is 0 Å². The number of halogens is 1. The van der Waals surface area contributed by atoms with Gasteiger partial charge in [-0.3, -0.25) is 0 Å². The summed E-state index contributed by atoms with van der Waals surface area (Å²) in [6.07, 6.45) is 0. The van der Waals surface area contributed by atoms with Gasteiger partial charge in [-0.2, -0.15) is 5.10 Å². The first kappa shape index (κ1) is 16.8. The molecule has 0 amide bonds. The second-order valence-corrected chi connectivity index (χ2v) is 7.17. The van der Waals surface area contributed by atoms with Crippen molar-refractivity contribution >= 4 is 22.4 Å². The van der Waals surface area contributed by atoms with Gasteiger partial charge in [0.15, 0.2) is 0 Å². The van der Waals surface area contributed by atoms with Crippen LogP contribution in [0.4, 0.5) is 0 Å². The number of nitrogens with zero attached hydrogens (tertiary/aromatic N) is 2. The largest absolute Gasteiger partial charge is 0.232 e. The molecule has 2 nitrogen and oxygen atoms in total. The first-order valence-corrected chi connectivity index (χ1v) is 9.56. The predicted molar refractivity (Wildman–Crippen MR) is 117 cm³/mol. The zero-order chi connectivity index (χ0) is 18.9. The maximum absolute atomic E-state index is 6.09. The van der Waals surface area contributed by atoms with Gasteiger partial charge in [0.2, 0.25) is 0 Å². The molecule has 5 rings (SSSR count). The fourth-order valence-corrected chi connectivity index (χ4v) is 3.59. The molecular formula is C25H17ClN2. The van der Waals surface area contributed by atoms with Crippen LogP contribution in [0.3, 0.4) is 0 Å². The van der Waals surface area contributed by atoms with E-state index in [4.69, 9.17) is 16.7 Å². The topological polar surface area (TPSA) is 17.8 Å². The minimum Gasteiger partial charge on any atom is -0.232 e. The summed E-state index contributed by atoms with van der Waals surface area (Å²) < 4.78 is 1.99. The monoisotopic (exact) mass is 380 g/mol. The second-order valence-electron chi connectivity index (χ2n) is 6.73. The summed E-state index contributed by atoms with van der Waals surface area (Å²) >= 11 is 6.09. The molecule has 4 aromatic carbocycles. The van der Waals surface area contributed by atoms with Crippen LogP contribution in [0.2, 0.25) is 5.02 Å². The number of hydrogen-bond donors (Lipinski definition) is 0. The first-order valence-electron chi connectivity index (χ1n) is 9.18. The van der Waals surface area contributed by atoms with Crippen LogP contribution in [0.25, 0.3) is 39.0 Å². The zero-order valence-electron chi connectivity index (χ0n) is 15.1. The van der Waals surface area contributed by atoms with E-state index in [9.17, 15) is 0 Å².